The van der Waals surface area contributed by atoms with Crippen molar-refractivity contribution in [2.45, 2.75) is 52.0 Å². The average Bonchev–Trinajstić information content (AvgIpc) is 2.25. The van der Waals surface area contributed by atoms with E-state index in [1.807, 2.05) is 0 Å². The highest BCUT2D eigenvalue weighted by Crippen LogP contribution is 2.11. The third-order valence-corrected chi connectivity index (χ3v) is 3.25. The van der Waals surface area contributed by atoms with Crippen molar-refractivity contribution in [3.8, 4) is 0 Å². The van der Waals surface area contributed by atoms with Crippen LogP contribution in [0.4, 0.5) is 0 Å². The fraction of sp³-hybridized carbons (Fsp3) is 0.846. The zero-order chi connectivity index (χ0) is 12.7. The molecule has 4 heteroatoms. The summed E-state index contributed by atoms with van der Waals surface area (Å²) in [6, 6.07) is 0.362. The highest BCUT2D eigenvalue weighted by Gasteiger charge is 2.18. The van der Waals surface area contributed by atoms with E-state index in [1.165, 1.54) is 0 Å². The van der Waals surface area contributed by atoms with Gasteiger partial charge in [-0.15, -0.1) is 0 Å². The number of likely N-dealkylation sites (tertiary alicyclic amines) is 1. The number of unbranched alkanes of at least 4 members (excludes halogenated alkanes) is 1. The Morgan fingerprint density at radius 2 is 1.82 bits per heavy atom. The van der Waals surface area contributed by atoms with E-state index >= 15 is 0 Å². The lowest BCUT2D eigenvalue weighted by molar-refractivity contribution is -0.120. The lowest BCUT2D eigenvalue weighted by Gasteiger charge is -2.32. The standard InChI is InChI=1S/C13H24N2O2/c1-11(16)5-3-4-8-15-9-6-13(7-10-15)14-12(2)17/h13H,3-10H2,1-2H3,(H,14,17). The van der Waals surface area contributed by atoms with Gasteiger partial charge >= 0.3 is 0 Å². The Kier molecular flexibility index (Phi) is 6.19. The van der Waals surface area contributed by atoms with E-state index in [-0.39, 0.29) is 11.7 Å². The number of piperidine rings is 1. The molecule has 1 aliphatic heterocycles. The van der Waals surface area contributed by atoms with Crippen LogP contribution in [0, 0.1) is 0 Å². The molecule has 1 heterocycles. The number of ketones is 1. The van der Waals surface area contributed by atoms with Gasteiger partial charge in [0.1, 0.15) is 5.78 Å². The molecule has 1 amide bonds. The Hall–Kier alpha value is -0.900. The smallest absolute Gasteiger partial charge is 0.217 e. The molecule has 98 valence electrons. The zero-order valence-corrected chi connectivity index (χ0v) is 11.0. The Bertz CT molecular complexity index is 255. The van der Waals surface area contributed by atoms with E-state index in [4.69, 9.17) is 0 Å². The molecule has 0 spiro atoms. The summed E-state index contributed by atoms with van der Waals surface area (Å²) in [5, 5.41) is 2.97. The van der Waals surface area contributed by atoms with Gasteiger partial charge in [-0.2, -0.15) is 0 Å². The maximum atomic E-state index is 10.9. The minimum absolute atomic E-state index is 0.0740. The van der Waals surface area contributed by atoms with Gasteiger partial charge in [-0.05, 0) is 39.2 Å². The molecule has 1 saturated heterocycles. The molecule has 0 aromatic carbocycles. The molecule has 0 saturated carbocycles. The molecule has 1 N–H and O–H groups in total. The predicted octanol–water partition coefficient (Wildman–Crippen LogP) is 1.35. The highest BCUT2D eigenvalue weighted by atomic mass is 16.1. The van der Waals surface area contributed by atoms with Crippen LogP contribution in [0.5, 0.6) is 0 Å². The van der Waals surface area contributed by atoms with E-state index in [0.29, 0.717) is 12.5 Å². The average molecular weight is 240 g/mol. The molecular formula is C13H24N2O2. The molecule has 1 fully saturated rings. The van der Waals surface area contributed by atoms with E-state index in [1.54, 1.807) is 13.8 Å². The van der Waals surface area contributed by atoms with Gasteiger partial charge in [0.15, 0.2) is 0 Å². The SMILES string of the molecule is CC(=O)CCCCN1CCC(NC(C)=O)CC1. The first kappa shape index (κ1) is 14.2. The van der Waals surface area contributed by atoms with Crippen LogP contribution in [-0.4, -0.2) is 42.3 Å². The molecule has 0 unspecified atom stereocenters. The Morgan fingerprint density at radius 3 is 2.35 bits per heavy atom. The van der Waals surface area contributed by atoms with Gasteiger partial charge in [-0.25, -0.2) is 0 Å². The molecule has 17 heavy (non-hydrogen) atoms. The van der Waals surface area contributed by atoms with E-state index in [9.17, 15) is 9.59 Å². The number of Topliss-reactive ketones (excluding diaryl/α,β-unsaturated/α-hetero) is 1. The lowest BCUT2D eigenvalue weighted by atomic mass is 10.0. The number of nitrogens with one attached hydrogen (secondary N) is 1. The molecule has 0 atom stereocenters. The first-order valence-electron chi connectivity index (χ1n) is 6.57. The number of carbonyl (C=O) groups is 2. The summed E-state index contributed by atoms with van der Waals surface area (Å²) in [6.07, 6.45) is 4.91. The molecule has 0 aromatic heterocycles. The van der Waals surface area contributed by atoms with Crippen molar-refractivity contribution in [2.75, 3.05) is 19.6 Å². The summed E-state index contributed by atoms with van der Waals surface area (Å²) >= 11 is 0. The third kappa shape index (κ3) is 6.41. The second-order valence-electron chi connectivity index (χ2n) is 4.98. The Morgan fingerprint density at radius 1 is 1.18 bits per heavy atom. The number of hydrogen-bond acceptors (Lipinski definition) is 3. The topological polar surface area (TPSA) is 49.4 Å². The molecule has 1 aliphatic rings. The van der Waals surface area contributed by atoms with Crippen molar-refractivity contribution in [1.82, 2.24) is 10.2 Å². The van der Waals surface area contributed by atoms with Gasteiger partial charge in [0, 0.05) is 32.5 Å². The maximum Gasteiger partial charge on any atom is 0.217 e. The van der Waals surface area contributed by atoms with Gasteiger partial charge in [0.25, 0.3) is 0 Å². The minimum atomic E-state index is 0.0740. The van der Waals surface area contributed by atoms with Crippen LogP contribution in [0.3, 0.4) is 0 Å². The molecule has 0 bridgehead atoms. The molecule has 4 nitrogen and oxygen atoms in total. The number of amides is 1. The zero-order valence-electron chi connectivity index (χ0n) is 11.0. The van der Waals surface area contributed by atoms with Crippen molar-refractivity contribution >= 4 is 11.7 Å². The largest absolute Gasteiger partial charge is 0.354 e. The van der Waals surface area contributed by atoms with Gasteiger partial charge in [-0.3, -0.25) is 4.79 Å². The summed E-state index contributed by atoms with van der Waals surface area (Å²) in [7, 11) is 0. The van der Waals surface area contributed by atoms with Crippen LogP contribution in [-0.2, 0) is 9.59 Å². The Balaban J connectivity index is 2.06. The first-order chi connectivity index (χ1) is 8.08. The molecule has 1 rings (SSSR count). The van der Waals surface area contributed by atoms with Crippen molar-refractivity contribution < 1.29 is 9.59 Å². The number of hydrogen-bond donors (Lipinski definition) is 1. The van der Waals surface area contributed by atoms with Crippen LogP contribution in [0.25, 0.3) is 0 Å². The quantitative estimate of drug-likeness (QED) is 0.713. The van der Waals surface area contributed by atoms with E-state index in [0.717, 1.165) is 45.3 Å². The summed E-state index contributed by atoms with van der Waals surface area (Å²) in [5.41, 5.74) is 0. The van der Waals surface area contributed by atoms with E-state index in [2.05, 4.69) is 10.2 Å². The van der Waals surface area contributed by atoms with Crippen molar-refractivity contribution in [2.24, 2.45) is 0 Å². The second kappa shape index (κ2) is 7.43. The number of carbonyl (C=O) groups excluding carboxylic acids is 2. The lowest BCUT2D eigenvalue weighted by Crippen LogP contribution is -2.44. The van der Waals surface area contributed by atoms with Crippen LogP contribution >= 0.6 is 0 Å². The van der Waals surface area contributed by atoms with Crippen molar-refractivity contribution in [3.05, 3.63) is 0 Å². The summed E-state index contributed by atoms with van der Waals surface area (Å²) in [5.74, 6) is 0.360. The second-order valence-corrected chi connectivity index (χ2v) is 4.98. The van der Waals surface area contributed by atoms with Gasteiger partial charge in [-0.1, -0.05) is 0 Å². The molecule has 0 radical (unpaired) electrons. The summed E-state index contributed by atoms with van der Waals surface area (Å²) < 4.78 is 0. The molecule has 0 aromatic rings. The van der Waals surface area contributed by atoms with E-state index < -0.39 is 0 Å². The number of nitrogens with zero attached hydrogens (tertiary/aromatic N) is 1. The van der Waals surface area contributed by atoms with Gasteiger partial charge in [0.2, 0.25) is 5.91 Å². The fourth-order valence-electron chi connectivity index (χ4n) is 2.30. The van der Waals surface area contributed by atoms with Crippen LogP contribution < -0.4 is 5.32 Å². The predicted molar refractivity (Wildman–Crippen MR) is 67.8 cm³/mol. The first-order valence-corrected chi connectivity index (χ1v) is 6.57. The summed E-state index contributed by atoms with van der Waals surface area (Å²) in [6.45, 7) is 6.43. The van der Waals surface area contributed by atoms with Gasteiger partial charge < -0.3 is 15.0 Å². The number of rotatable bonds is 6. The maximum absolute atomic E-state index is 10.9. The third-order valence-electron chi connectivity index (χ3n) is 3.25. The normalized spacial score (nSPS) is 18.0. The molecule has 0 aliphatic carbocycles. The monoisotopic (exact) mass is 240 g/mol. The fourth-order valence-corrected chi connectivity index (χ4v) is 2.30. The van der Waals surface area contributed by atoms with Gasteiger partial charge in [0.05, 0.1) is 0 Å². The molecular weight excluding hydrogens is 216 g/mol. The van der Waals surface area contributed by atoms with Crippen molar-refractivity contribution in [1.29, 1.82) is 0 Å². The Labute approximate surface area is 104 Å². The summed E-state index contributed by atoms with van der Waals surface area (Å²) in [4.78, 5) is 24.1. The van der Waals surface area contributed by atoms with Crippen molar-refractivity contribution in [3.63, 3.8) is 0 Å². The van der Waals surface area contributed by atoms with Crippen LogP contribution in [0.15, 0.2) is 0 Å². The van der Waals surface area contributed by atoms with Crippen LogP contribution in [0.2, 0.25) is 0 Å². The highest BCUT2D eigenvalue weighted by molar-refractivity contribution is 5.75. The minimum Gasteiger partial charge on any atom is -0.354 e. The van der Waals surface area contributed by atoms with Crippen LogP contribution in [0.1, 0.15) is 46.0 Å².